The monoisotopic (exact) mass is 308 g/mol. The molecule has 1 aromatic carbocycles. The van der Waals surface area contributed by atoms with E-state index in [2.05, 4.69) is 10.5 Å². The van der Waals surface area contributed by atoms with Crippen molar-refractivity contribution in [3.63, 3.8) is 0 Å². The highest BCUT2D eigenvalue weighted by Gasteiger charge is 2.17. The molecule has 6 heteroatoms. The lowest BCUT2D eigenvalue weighted by atomic mass is 10.2. The van der Waals surface area contributed by atoms with Crippen molar-refractivity contribution in [3.05, 3.63) is 47.1 Å². The number of rotatable bonds is 5. The van der Waals surface area contributed by atoms with Gasteiger partial charge in [-0.05, 0) is 32.9 Å². The van der Waals surface area contributed by atoms with E-state index >= 15 is 0 Å². The first-order valence-corrected chi connectivity index (χ1v) is 7.62. The number of carbonyl (C=O) groups excluding carboxylic acids is 1. The van der Waals surface area contributed by atoms with E-state index in [9.17, 15) is 9.18 Å². The third kappa shape index (κ3) is 3.85. The average molecular weight is 308 g/mol. The molecule has 1 atom stereocenters. The lowest BCUT2D eigenvalue weighted by Gasteiger charge is -2.12. The number of hydrogen-bond acceptors (Lipinski definition) is 4. The van der Waals surface area contributed by atoms with Crippen LogP contribution in [0.2, 0.25) is 0 Å². The van der Waals surface area contributed by atoms with Crippen molar-refractivity contribution >= 4 is 23.4 Å². The summed E-state index contributed by atoms with van der Waals surface area (Å²) in [5, 5.41) is 6.17. The lowest BCUT2D eigenvalue weighted by Crippen LogP contribution is -2.23. The number of nitrogens with one attached hydrogen (secondary N) is 1. The molecule has 21 heavy (non-hydrogen) atoms. The maximum Gasteiger partial charge on any atom is 0.237 e. The summed E-state index contributed by atoms with van der Waals surface area (Å²) in [6.45, 7) is 5.51. The minimum absolute atomic E-state index is 0.201. The number of nitrogens with zero attached hydrogens (tertiary/aromatic N) is 1. The van der Waals surface area contributed by atoms with Gasteiger partial charge >= 0.3 is 0 Å². The molecular weight excluding hydrogens is 291 g/mol. The number of thioether (sulfide) groups is 1. The second kappa shape index (κ2) is 6.76. The Labute approximate surface area is 127 Å². The highest BCUT2D eigenvalue weighted by atomic mass is 32.2. The average Bonchev–Trinajstić information content (AvgIpc) is 2.78. The van der Waals surface area contributed by atoms with Crippen LogP contribution < -0.4 is 5.32 Å². The number of amides is 1. The molecule has 1 unspecified atom stereocenters. The largest absolute Gasteiger partial charge is 0.361 e. The van der Waals surface area contributed by atoms with Gasteiger partial charge in [0.2, 0.25) is 5.91 Å². The number of hydrogen-bond donors (Lipinski definition) is 1. The third-order valence-corrected chi connectivity index (χ3v) is 4.33. The first-order chi connectivity index (χ1) is 9.99. The quantitative estimate of drug-likeness (QED) is 0.915. The van der Waals surface area contributed by atoms with Gasteiger partial charge in [-0.15, -0.1) is 11.8 Å². The van der Waals surface area contributed by atoms with Crippen LogP contribution in [-0.4, -0.2) is 16.3 Å². The standard InChI is InChI=1S/C15H17FN2O2S/c1-9-12(10(2)20-18-9)8-21-11(3)15(19)17-14-7-5-4-6-13(14)16/h4-7,11H,8H2,1-3H3,(H,17,19). The number of para-hydroxylation sites is 1. The molecule has 0 fully saturated rings. The SMILES string of the molecule is Cc1noc(C)c1CSC(C)C(=O)Nc1ccccc1F. The summed E-state index contributed by atoms with van der Waals surface area (Å²) < 4.78 is 18.6. The van der Waals surface area contributed by atoms with Crippen LogP contribution >= 0.6 is 11.8 Å². The fourth-order valence-corrected chi connectivity index (χ4v) is 2.83. The summed E-state index contributed by atoms with van der Waals surface area (Å²) in [5.41, 5.74) is 2.04. The summed E-state index contributed by atoms with van der Waals surface area (Å²) in [6.07, 6.45) is 0. The summed E-state index contributed by atoms with van der Waals surface area (Å²) in [5.74, 6) is 0.736. The Bertz CT molecular complexity index is 623. The van der Waals surface area contributed by atoms with Crippen molar-refractivity contribution in [1.82, 2.24) is 5.16 Å². The molecule has 0 radical (unpaired) electrons. The van der Waals surface area contributed by atoms with Crippen LogP contribution in [0.15, 0.2) is 28.8 Å². The molecule has 4 nitrogen and oxygen atoms in total. The first-order valence-electron chi connectivity index (χ1n) is 6.57. The Balaban J connectivity index is 1.93. The molecule has 2 aromatic rings. The van der Waals surface area contributed by atoms with Crippen LogP contribution in [0.25, 0.3) is 0 Å². The third-order valence-electron chi connectivity index (χ3n) is 3.16. The van der Waals surface area contributed by atoms with Crippen molar-refractivity contribution in [3.8, 4) is 0 Å². The number of carbonyl (C=O) groups is 1. The van der Waals surface area contributed by atoms with E-state index in [4.69, 9.17) is 4.52 Å². The zero-order valence-corrected chi connectivity index (χ0v) is 13.0. The van der Waals surface area contributed by atoms with E-state index in [1.165, 1.54) is 17.8 Å². The molecule has 0 saturated carbocycles. The van der Waals surface area contributed by atoms with Gasteiger partial charge in [-0.25, -0.2) is 4.39 Å². The predicted octanol–water partition coefficient (Wildman–Crippen LogP) is 3.69. The highest BCUT2D eigenvalue weighted by Crippen LogP contribution is 2.24. The van der Waals surface area contributed by atoms with Crippen LogP contribution in [0, 0.1) is 19.7 Å². The summed E-state index contributed by atoms with van der Waals surface area (Å²) in [4.78, 5) is 12.1. The zero-order chi connectivity index (χ0) is 15.4. The van der Waals surface area contributed by atoms with Gasteiger partial charge in [0, 0.05) is 11.3 Å². The number of benzene rings is 1. The smallest absolute Gasteiger partial charge is 0.237 e. The number of anilines is 1. The lowest BCUT2D eigenvalue weighted by molar-refractivity contribution is -0.115. The van der Waals surface area contributed by atoms with Gasteiger partial charge in [0.1, 0.15) is 11.6 Å². The van der Waals surface area contributed by atoms with Gasteiger partial charge < -0.3 is 9.84 Å². The van der Waals surface area contributed by atoms with E-state index in [0.717, 1.165) is 17.0 Å². The predicted molar refractivity (Wildman–Crippen MR) is 81.8 cm³/mol. The summed E-state index contributed by atoms with van der Waals surface area (Å²) in [6, 6.07) is 6.12. The second-order valence-corrected chi connectivity index (χ2v) is 6.05. The fourth-order valence-electron chi connectivity index (χ4n) is 1.79. The van der Waals surface area contributed by atoms with E-state index in [-0.39, 0.29) is 16.8 Å². The Kier molecular flexibility index (Phi) is 5.01. The van der Waals surface area contributed by atoms with Gasteiger partial charge in [-0.3, -0.25) is 4.79 Å². The van der Waals surface area contributed by atoms with Gasteiger partial charge in [0.15, 0.2) is 0 Å². The van der Waals surface area contributed by atoms with Crippen LogP contribution in [0.1, 0.15) is 23.9 Å². The maximum atomic E-state index is 13.5. The first kappa shape index (κ1) is 15.6. The second-order valence-electron chi connectivity index (χ2n) is 4.73. The van der Waals surface area contributed by atoms with Crippen molar-refractivity contribution in [1.29, 1.82) is 0 Å². The van der Waals surface area contributed by atoms with Crippen molar-refractivity contribution < 1.29 is 13.7 Å². The zero-order valence-electron chi connectivity index (χ0n) is 12.1. The van der Waals surface area contributed by atoms with E-state index < -0.39 is 5.82 Å². The molecule has 0 aliphatic carbocycles. The van der Waals surface area contributed by atoms with Crippen molar-refractivity contribution in [2.45, 2.75) is 31.8 Å². The molecule has 1 N–H and O–H groups in total. The van der Waals surface area contributed by atoms with Crippen molar-refractivity contribution in [2.75, 3.05) is 5.32 Å². The number of halogens is 1. The molecule has 0 spiro atoms. The fraction of sp³-hybridized carbons (Fsp3) is 0.333. The summed E-state index contributed by atoms with van der Waals surface area (Å²) >= 11 is 1.46. The van der Waals surface area contributed by atoms with E-state index in [1.54, 1.807) is 25.1 Å². The molecule has 0 aliphatic heterocycles. The van der Waals surface area contributed by atoms with Crippen LogP contribution in [-0.2, 0) is 10.5 Å². The minimum atomic E-state index is -0.436. The van der Waals surface area contributed by atoms with Gasteiger partial charge in [0.05, 0.1) is 16.6 Å². The Morgan fingerprint density at radius 1 is 1.43 bits per heavy atom. The Hall–Kier alpha value is -1.82. The highest BCUT2D eigenvalue weighted by molar-refractivity contribution is 7.99. The molecule has 1 amide bonds. The normalized spacial score (nSPS) is 12.2. The maximum absolute atomic E-state index is 13.5. The Morgan fingerprint density at radius 2 is 2.14 bits per heavy atom. The van der Waals surface area contributed by atoms with Gasteiger partial charge in [-0.1, -0.05) is 17.3 Å². The van der Waals surface area contributed by atoms with E-state index in [1.807, 2.05) is 13.8 Å². The molecule has 2 rings (SSSR count). The van der Waals surface area contributed by atoms with Crippen LogP contribution in [0.3, 0.4) is 0 Å². The van der Waals surface area contributed by atoms with Crippen molar-refractivity contribution in [2.24, 2.45) is 0 Å². The molecule has 112 valence electrons. The molecule has 1 aromatic heterocycles. The van der Waals surface area contributed by atoms with E-state index in [0.29, 0.717) is 5.75 Å². The topological polar surface area (TPSA) is 55.1 Å². The Morgan fingerprint density at radius 3 is 2.76 bits per heavy atom. The molecule has 1 heterocycles. The molecular formula is C15H17FN2O2S. The summed E-state index contributed by atoms with van der Waals surface area (Å²) in [7, 11) is 0. The number of aryl methyl sites for hydroxylation is 2. The number of aromatic nitrogens is 1. The van der Waals surface area contributed by atoms with Crippen LogP contribution in [0.4, 0.5) is 10.1 Å². The van der Waals surface area contributed by atoms with Crippen LogP contribution in [0.5, 0.6) is 0 Å². The van der Waals surface area contributed by atoms with Gasteiger partial charge in [-0.2, -0.15) is 0 Å². The minimum Gasteiger partial charge on any atom is -0.361 e. The molecule has 0 saturated heterocycles. The van der Waals surface area contributed by atoms with Gasteiger partial charge in [0.25, 0.3) is 0 Å². The molecule has 0 aliphatic rings. The molecule has 0 bridgehead atoms.